The Balaban J connectivity index is 1.58. The minimum absolute atomic E-state index is 0.00804. The Bertz CT molecular complexity index is 700. The first kappa shape index (κ1) is 13.8. The van der Waals surface area contributed by atoms with Crippen molar-refractivity contribution >= 4 is 27.3 Å². The van der Waals surface area contributed by atoms with Gasteiger partial charge in [-0.2, -0.15) is 0 Å². The Morgan fingerprint density at radius 3 is 3.05 bits per heavy atom. The summed E-state index contributed by atoms with van der Waals surface area (Å²) in [6.45, 7) is 3.63. The number of hydrogen-bond acceptors (Lipinski definition) is 3. The number of carbonyl (C=O) groups is 1. The number of rotatable bonds is 5. The van der Waals surface area contributed by atoms with E-state index in [2.05, 4.69) is 17.2 Å². The van der Waals surface area contributed by atoms with Gasteiger partial charge in [0.25, 0.3) is 5.91 Å². The molecule has 1 aromatic carbocycles. The van der Waals surface area contributed by atoms with E-state index in [-0.39, 0.29) is 5.91 Å². The van der Waals surface area contributed by atoms with Crippen LogP contribution in [-0.4, -0.2) is 22.0 Å². The maximum atomic E-state index is 12.2. The summed E-state index contributed by atoms with van der Waals surface area (Å²) < 4.78 is 3.17. The molecule has 4 nitrogen and oxygen atoms in total. The molecule has 0 radical (unpaired) electrons. The van der Waals surface area contributed by atoms with Crippen LogP contribution in [0.2, 0.25) is 0 Å². The maximum Gasteiger partial charge on any atom is 0.261 e. The highest BCUT2D eigenvalue weighted by molar-refractivity contribution is 7.20. The number of nitrogens with zero attached hydrogens (tertiary/aromatic N) is 2. The molecule has 21 heavy (non-hydrogen) atoms. The number of aromatic nitrogens is 2. The van der Waals surface area contributed by atoms with Crippen molar-refractivity contribution in [3.63, 3.8) is 0 Å². The second kappa shape index (κ2) is 6.10. The summed E-state index contributed by atoms with van der Waals surface area (Å²) in [6, 6.07) is 10.0. The molecule has 1 amide bonds. The van der Waals surface area contributed by atoms with Gasteiger partial charge in [0.1, 0.15) is 0 Å². The second-order valence-corrected chi connectivity index (χ2v) is 6.31. The van der Waals surface area contributed by atoms with Crippen LogP contribution in [0.3, 0.4) is 0 Å². The van der Waals surface area contributed by atoms with Gasteiger partial charge in [0.05, 0.1) is 11.2 Å². The number of fused-ring (bicyclic) bond motifs is 1. The third kappa shape index (κ3) is 3.31. The highest BCUT2D eigenvalue weighted by Gasteiger charge is 2.11. The second-order valence-electron chi connectivity index (χ2n) is 5.22. The highest BCUT2D eigenvalue weighted by Crippen LogP contribution is 2.25. The molecule has 0 fully saturated rings. The van der Waals surface area contributed by atoms with Crippen LogP contribution in [0.25, 0.3) is 10.1 Å². The Kier molecular flexibility index (Phi) is 4.01. The molecule has 5 heteroatoms. The fraction of sp³-hybridized carbons (Fsp3) is 0.250. The fourth-order valence-corrected chi connectivity index (χ4v) is 3.25. The molecule has 108 valence electrons. The first-order chi connectivity index (χ1) is 10.2. The molecule has 1 atom stereocenters. The molecule has 0 saturated carbocycles. The van der Waals surface area contributed by atoms with E-state index in [9.17, 15) is 4.79 Å². The maximum absolute atomic E-state index is 12.2. The molecule has 0 aliphatic heterocycles. The van der Waals surface area contributed by atoms with Crippen molar-refractivity contribution in [3.05, 3.63) is 53.9 Å². The van der Waals surface area contributed by atoms with Gasteiger partial charge in [0.15, 0.2) is 0 Å². The standard InChI is InChI=1S/C16H17N3OS/c1-12(10-19-7-6-17-11-19)9-18-16(20)15-8-13-4-2-3-5-14(13)21-15/h2-8,11-12H,9-10H2,1H3,(H,18,20). The van der Waals surface area contributed by atoms with Gasteiger partial charge >= 0.3 is 0 Å². The van der Waals surface area contributed by atoms with E-state index in [1.54, 1.807) is 12.5 Å². The zero-order valence-corrected chi connectivity index (χ0v) is 12.6. The lowest BCUT2D eigenvalue weighted by Gasteiger charge is -2.12. The van der Waals surface area contributed by atoms with Crippen molar-refractivity contribution in [2.24, 2.45) is 5.92 Å². The number of imidazole rings is 1. The van der Waals surface area contributed by atoms with Crippen molar-refractivity contribution < 1.29 is 4.79 Å². The quantitative estimate of drug-likeness (QED) is 0.786. The van der Waals surface area contributed by atoms with Gasteiger partial charge in [0.2, 0.25) is 0 Å². The lowest BCUT2D eigenvalue weighted by molar-refractivity contribution is 0.0951. The van der Waals surface area contributed by atoms with Crippen LogP contribution < -0.4 is 5.32 Å². The molecule has 0 spiro atoms. The van der Waals surface area contributed by atoms with E-state index in [1.165, 1.54) is 11.3 Å². The highest BCUT2D eigenvalue weighted by atomic mass is 32.1. The zero-order valence-electron chi connectivity index (χ0n) is 11.8. The fourth-order valence-electron chi connectivity index (χ4n) is 2.27. The summed E-state index contributed by atoms with van der Waals surface area (Å²) in [7, 11) is 0. The summed E-state index contributed by atoms with van der Waals surface area (Å²) in [5.74, 6) is 0.367. The zero-order chi connectivity index (χ0) is 14.7. The average molecular weight is 299 g/mol. The van der Waals surface area contributed by atoms with Crippen LogP contribution in [0.15, 0.2) is 49.1 Å². The lowest BCUT2D eigenvalue weighted by Crippen LogP contribution is -2.29. The predicted octanol–water partition coefficient (Wildman–Crippen LogP) is 3.16. The van der Waals surface area contributed by atoms with E-state index in [4.69, 9.17) is 0 Å². The Morgan fingerprint density at radius 1 is 1.43 bits per heavy atom. The summed E-state index contributed by atoms with van der Waals surface area (Å²) in [6.07, 6.45) is 5.50. The van der Waals surface area contributed by atoms with Gasteiger partial charge < -0.3 is 9.88 Å². The van der Waals surface area contributed by atoms with Crippen molar-refractivity contribution in [1.29, 1.82) is 0 Å². The average Bonchev–Trinajstić information content (AvgIpc) is 3.13. The van der Waals surface area contributed by atoms with Crippen LogP contribution >= 0.6 is 11.3 Å². The number of nitrogens with one attached hydrogen (secondary N) is 1. The molecule has 2 aromatic heterocycles. The number of carbonyl (C=O) groups excluding carboxylic acids is 1. The van der Waals surface area contributed by atoms with Crippen LogP contribution in [-0.2, 0) is 6.54 Å². The number of amides is 1. The van der Waals surface area contributed by atoms with Gasteiger partial charge in [-0.15, -0.1) is 11.3 Å². The van der Waals surface area contributed by atoms with Crippen LogP contribution in [0.1, 0.15) is 16.6 Å². The SMILES string of the molecule is CC(CNC(=O)c1cc2ccccc2s1)Cn1ccnc1. The molecular weight excluding hydrogens is 282 g/mol. The Hall–Kier alpha value is -2.14. The Labute approximate surface area is 127 Å². The van der Waals surface area contributed by atoms with Crippen LogP contribution in [0.5, 0.6) is 0 Å². The van der Waals surface area contributed by atoms with E-state index in [0.29, 0.717) is 12.5 Å². The molecule has 0 saturated heterocycles. The van der Waals surface area contributed by atoms with Crippen molar-refractivity contribution in [1.82, 2.24) is 14.9 Å². The topological polar surface area (TPSA) is 46.9 Å². The molecule has 1 unspecified atom stereocenters. The van der Waals surface area contributed by atoms with Gasteiger partial charge in [-0.3, -0.25) is 4.79 Å². The van der Waals surface area contributed by atoms with E-state index >= 15 is 0 Å². The molecule has 1 N–H and O–H groups in total. The smallest absolute Gasteiger partial charge is 0.261 e. The van der Waals surface area contributed by atoms with E-state index < -0.39 is 0 Å². The number of hydrogen-bond donors (Lipinski definition) is 1. The molecule has 0 bridgehead atoms. The van der Waals surface area contributed by atoms with E-state index in [0.717, 1.165) is 21.5 Å². The first-order valence-electron chi connectivity index (χ1n) is 6.95. The normalized spacial score (nSPS) is 12.4. The summed E-state index contributed by atoms with van der Waals surface area (Å²) in [4.78, 5) is 17.0. The van der Waals surface area contributed by atoms with E-state index in [1.807, 2.05) is 41.1 Å². The minimum Gasteiger partial charge on any atom is -0.351 e. The van der Waals surface area contributed by atoms with Gasteiger partial charge in [0, 0.05) is 30.2 Å². The van der Waals surface area contributed by atoms with Gasteiger partial charge in [-0.25, -0.2) is 4.98 Å². The minimum atomic E-state index is 0.00804. The lowest BCUT2D eigenvalue weighted by atomic mass is 10.2. The first-order valence-corrected chi connectivity index (χ1v) is 7.76. The van der Waals surface area contributed by atoms with Crippen molar-refractivity contribution in [3.8, 4) is 0 Å². The molecule has 0 aliphatic rings. The number of thiophene rings is 1. The van der Waals surface area contributed by atoms with Crippen molar-refractivity contribution in [2.45, 2.75) is 13.5 Å². The summed E-state index contributed by atoms with van der Waals surface area (Å²) >= 11 is 1.54. The summed E-state index contributed by atoms with van der Waals surface area (Å²) in [5, 5.41) is 4.13. The molecule has 3 aromatic rings. The van der Waals surface area contributed by atoms with Crippen LogP contribution in [0.4, 0.5) is 0 Å². The third-order valence-corrected chi connectivity index (χ3v) is 4.46. The largest absolute Gasteiger partial charge is 0.351 e. The predicted molar refractivity (Wildman–Crippen MR) is 85.5 cm³/mol. The molecule has 3 rings (SSSR count). The molecule has 2 heterocycles. The van der Waals surface area contributed by atoms with Gasteiger partial charge in [-0.1, -0.05) is 25.1 Å². The van der Waals surface area contributed by atoms with Crippen molar-refractivity contribution in [2.75, 3.05) is 6.54 Å². The summed E-state index contributed by atoms with van der Waals surface area (Å²) in [5.41, 5.74) is 0. The molecular formula is C16H17N3OS. The number of benzene rings is 1. The monoisotopic (exact) mass is 299 g/mol. The third-order valence-electron chi connectivity index (χ3n) is 3.34. The van der Waals surface area contributed by atoms with Gasteiger partial charge in [-0.05, 0) is 23.4 Å². The molecule has 0 aliphatic carbocycles. The van der Waals surface area contributed by atoms with Crippen LogP contribution in [0, 0.1) is 5.92 Å². The Morgan fingerprint density at radius 2 is 2.29 bits per heavy atom.